The van der Waals surface area contributed by atoms with Crippen molar-refractivity contribution in [2.75, 3.05) is 26.3 Å². The third-order valence-electron chi connectivity index (χ3n) is 5.61. The Morgan fingerprint density at radius 1 is 1.25 bits per heavy atom. The van der Waals surface area contributed by atoms with Gasteiger partial charge >= 0.3 is 0 Å². The fourth-order valence-electron chi connectivity index (χ4n) is 3.99. The molecular formula is C22H26N4O2. The van der Waals surface area contributed by atoms with E-state index < -0.39 is 0 Å². The number of pyridine rings is 1. The monoisotopic (exact) mass is 378 g/mol. The predicted octanol–water partition coefficient (Wildman–Crippen LogP) is 2.88. The average Bonchev–Trinajstić information content (AvgIpc) is 2.73. The first kappa shape index (κ1) is 18.6. The number of rotatable bonds is 4. The number of fused-ring (bicyclic) bond motifs is 1. The Hall–Kier alpha value is -2.73. The normalized spacial score (nSPS) is 18.4. The number of hydrogen-bond acceptors (Lipinski definition) is 5. The zero-order valence-corrected chi connectivity index (χ0v) is 16.2. The maximum absolute atomic E-state index is 12.0. The van der Waals surface area contributed by atoms with E-state index in [1.54, 1.807) is 13.1 Å². The van der Waals surface area contributed by atoms with Crippen molar-refractivity contribution in [2.24, 2.45) is 0 Å². The number of carbonyl (C=O) groups is 1. The number of nitrogens with zero attached hydrogens (tertiary/aromatic N) is 2. The van der Waals surface area contributed by atoms with Gasteiger partial charge in [-0.05, 0) is 25.0 Å². The lowest BCUT2D eigenvalue weighted by Gasteiger charge is -2.34. The van der Waals surface area contributed by atoms with Crippen molar-refractivity contribution in [1.29, 1.82) is 5.41 Å². The van der Waals surface area contributed by atoms with Crippen LogP contribution in [0.25, 0.3) is 10.9 Å². The van der Waals surface area contributed by atoms with E-state index in [-0.39, 0.29) is 5.91 Å². The van der Waals surface area contributed by atoms with Crippen molar-refractivity contribution in [3.05, 3.63) is 53.4 Å². The highest BCUT2D eigenvalue weighted by Gasteiger charge is 2.26. The van der Waals surface area contributed by atoms with Crippen LogP contribution in [0.4, 0.5) is 0 Å². The minimum absolute atomic E-state index is 0.0509. The number of nitrogens with one attached hydrogen (secondary N) is 2. The fourth-order valence-corrected chi connectivity index (χ4v) is 3.99. The van der Waals surface area contributed by atoms with Gasteiger partial charge in [0.25, 0.3) is 0 Å². The molecule has 1 saturated heterocycles. The fraction of sp³-hybridized carbons (Fsp3) is 0.409. The summed E-state index contributed by atoms with van der Waals surface area (Å²) in [6.07, 6.45) is 4.44. The Bertz CT molecular complexity index is 926. The lowest BCUT2D eigenvalue weighted by Crippen LogP contribution is -2.43. The second-order valence-corrected chi connectivity index (χ2v) is 7.43. The summed E-state index contributed by atoms with van der Waals surface area (Å²) in [5.41, 5.74) is 4.21. The van der Waals surface area contributed by atoms with Gasteiger partial charge in [0, 0.05) is 74.1 Å². The van der Waals surface area contributed by atoms with E-state index >= 15 is 0 Å². The van der Waals surface area contributed by atoms with Gasteiger partial charge in [-0.25, -0.2) is 0 Å². The van der Waals surface area contributed by atoms with Crippen LogP contribution in [0.2, 0.25) is 0 Å². The first-order chi connectivity index (χ1) is 13.6. The van der Waals surface area contributed by atoms with E-state index in [2.05, 4.69) is 10.3 Å². The molecule has 0 atom stereocenters. The number of para-hydroxylation sites is 1. The molecule has 0 saturated carbocycles. The van der Waals surface area contributed by atoms with Crippen LogP contribution in [0, 0.1) is 5.41 Å². The molecule has 6 heteroatoms. The zero-order valence-electron chi connectivity index (χ0n) is 16.2. The molecule has 1 amide bonds. The number of ether oxygens (including phenoxy) is 1. The Labute approximate surface area is 165 Å². The molecule has 1 aromatic carbocycles. The molecule has 4 rings (SSSR count). The van der Waals surface area contributed by atoms with Crippen molar-refractivity contribution < 1.29 is 9.53 Å². The van der Waals surface area contributed by atoms with Gasteiger partial charge < -0.3 is 15.0 Å². The van der Waals surface area contributed by atoms with Gasteiger partial charge in [0.1, 0.15) is 0 Å². The third kappa shape index (κ3) is 3.78. The first-order valence-corrected chi connectivity index (χ1v) is 9.88. The maximum Gasteiger partial charge on any atom is 0.219 e. The quantitative estimate of drug-likeness (QED) is 0.802. The molecule has 0 bridgehead atoms. The Morgan fingerprint density at radius 3 is 2.82 bits per heavy atom. The highest BCUT2D eigenvalue weighted by Crippen LogP contribution is 2.25. The first-order valence-electron chi connectivity index (χ1n) is 9.88. The largest absolute Gasteiger partial charge is 0.385 e. The van der Waals surface area contributed by atoms with Crippen molar-refractivity contribution in [3.8, 4) is 0 Å². The number of amides is 1. The van der Waals surface area contributed by atoms with Crippen LogP contribution in [0.5, 0.6) is 0 Å². The SMILES string of the molecule is CC(=O)N1CCC(NC2CCOCC2)=C(C(=N)c2ccnc3ccccc23)C1. The van der Waals surface area contributed by atoms with Crippen LogP contribution in [-0.2, 0) is 9.53 Å². The molecule has 1 aromatic heterocycles. The van der Waals surface area contributed by atoms with E-state index in [0.29, 0.717) is 24.8 Å². The van der Waals surface area contributed by atoms with Gasteiger partial charge in [0.05, 0.1) is 11.2 Å². The van der Waals surface area contributed by atoms with Crippen molar-refractivity contribution in [3.63, 3.8) is 0 Å². The summed E-state index contributed by atoms with van der Waals surface area (Å²) in [6, 6.07) is 10.2. The lowest BCUT2D eigenvalue weighted by atomic mass is 9.93. The second kappa shape index (κ2) is 8.10. The van der Waals surface area contributed by atoms with Gasteiger partial charge in [-0.1, -0.05) is 18.2 Å². The van der Waals surface area contributed by atoms with Gasteiger partial charge in [-0.15, -0.1) is 0 Å². The molecule has 28 heavy (non-hydrogen) atoms. The lowest BCUT2D eigenvalue weighted by molar-refractivity contribution is -0.128. The number of carbonyl (C=O) groups excluding carboxylic acids is 1. The highest BCUT2D eigenvalue weighted by molar-refractivity contribution is 6.17. The molecule has 2 aliphatic heterocycles. The van der Waals surface area contributed by atoms with E-state index in [1.165, 1.54) is 0 Å². The van der Waals surface area contributed by atoms with Crippen LogP contribution in [-0.4, -0.2) is 53.8 Å². The van der Waals surface area contributed by atoms with Crippen LogP contribution in [0.15, 0.2) is 47.8 Å². The summed E-state index contributed by atoms with van der Waals surface area (Å²) in [7, 11) is 0. The van der Waals surface area contributed by atoms with Gasteiger partial charge in [-0.3, -0.25) is 15.2 Å². The van der Waals surface area contributed by atoms with Crippen LogP contribution in [0.3, 0.4) is 0 Å². The van der Waals surface area contributed by atoms with Crippen molar-refractivity contribution in [1.82, 2.24) is 15.2 Å². The molecule has 2 aliphatic rings. The van der Waals surface area contributed by atoms with Crippen LogP contribution < -0.4 is 5.32 Å². The third-order valence-corrected chi connectivity index (χ3v) is 5.61. The summed E-state index contributed by atoms with van der Waals surface area (Å²) in [5, 5.41) is 13.6. The Morgan fingerprint density at radius 2 is 2.04 bits per heavy atom. The van der Waals surface area contributed by atoms with Gasteiger partial charge in [0.15, 0.2) is 0 Å². The molecule has 0 unspecified atom stereocenters. The van der Waals surface area contributed by atoms with E-state index in [1.807, 2.05) is 35.2 Å². The molecule has 2 aromatic rings. The van der Waals surface area contributed by atoms with Crippen molar-refractivity contribution >= 4 is 22.5 Å². The Kier molecular flexibility index (Phi) is 5.39. The summed E-state index contributed by atoms with van der Waals surface area (Å²) in [5.74, 6) is 0.0509. The summed E-state index contributed by atoms with van der Waals surface area (Å²) >= 11 is 0. The molecule has 6 nitrogen and oxygen atoms in total. The molecule has 1 fully saturated rings. The van der Waals surface area contributed by atoms with Gasteiger partial charge in [0.2, 0.25) is 5.91 Å². The Balaban J connectivity index is 1.71. The summed E-state index contributed by atoms with van der Waals surface area (Å²) in [4.78, 5) is 18.2. The highest BCUT2D eigenvalue weighted by atomic mass is 16.5. The topological polar surface area (TPSA) is 78.3 Å². The van der Waals surface area contributed by atoms with E-state index in [0.717, 1.165) is 60.2 Å². The van der Waals surface area contributed by atoms with Gasteiger partial charge in [-0.2, -0.15) is 0 Å². The zero-order chi connectivity index (χ0) is 19.5. The number of benzene rings is 1. The molecule has 3 heterocycles. The molecule has 146 valence electrons. The van der Waals surface area contributed by atoms with Crippen LogP contribution >= 0.6 is 0 Å². The maximum atomic E-state index is 12.0. The smallest absolute Gasteiger partial charge is 0.219 e. The standard InChI is InChI=1S/C22H26N4O2/c1-15(27)26-11-7-21(25-16-8-12-28-13-9-16)19(14-26)22(23)18-6-10-24-20-5-3-2-4-17(18)20/h2-6,10,16,23,25H,7-9,11-14H2,1H3. The van der Waals surface area contributed by atoms with Crippen LogP contribution in [0.1, 0.15) is 31.7 Å². The van der Waals surface area contributed by atoms with Crippen molar-refractivity contribution in [2.45, 2.75) is 32.2 Å². The second-order valence-electron chi connectivity index (χ2n) is 7.43. The molecule has 2 N–H and O–H groups in total. The van der Waals surface area contributed by atoms with E-state index in [9.17, 15) is 4.79 Å². The minimum Gasteiger partial charge on any atom is -0.385 e. The molecule has 0 spiro atoms. The average molecular weight is 378 g/mol. The number of hydrogen-bond donors (Lipinski definition) is 2. The molecular weight excluding hydrogens is 352 g/mol. The summed E-state index contributed by atoms with van der Waals surface area (Å²) in [6.45, 7) is 4.30. The summed E-state index contributed by atoms with van der Waals surface area (Å²) < 4.78 is 5.47. The predicted molar refractivity (Wildman–Crippen MR) is 109 cm³/mol. The minimum atomic E-state index is 0.0509. The molecule has 0 radical (unpaired) electrons. The van der Waals surface area contributed by atoms with E-state index in [4.69, 9.17) is 10.1 Å². The number of aromatic nitrogens is 1. The molecule has 0 aliphatic carbocycles.